The molecule has 2 aromatic heterocycles. The van der Waals surface area contributed by atoms with Gasteiger partial charge in [0.1, 0.15) is 0 Å². The molecular formula is C18H14N4O2S4. The summed E-state index contributed by atoms with van der Waals surface area (Å²) in [5.74, 6) is 0. The van der Waals surface area contributed by atoms with Gasteiger partial charge in [0.2, 0.25) is 0 Å². The molecule has 0 saturated carbocycles. The first-order chi connectivity index (χ1) is 13.5. The molecule has 0 aliphatic carbocycles. The highest BCUT2D eigenvalue weighted by Crippen LogP contribution is 2.34. The topological polar surface area (TPSA) is 112 Å². The molecule has 0 bridgehead atoms. The normalized spacial score (nSPS) is 11.3. The molecule has 0 fully saturated rings. The Hall–Kier alpha value is -2.14. The maximum atomic E-state index is 12.2. The third-order valence-electron chi connectivity index (χ3n) is 3.72. The van der Waals surface area contributed by atoms with Gasteiger partial charge in [-0.3, -0.25) is 9.59 Å². The zero-order valence-corrected chi connectivity index (χ0v) is 17.6. The summed E-state index contributed by atoms with van der Waals surface area (Å²) in [5.41, 5.74) is 14.5. The second-order valence-electron chi connectivity index (χ2n) is 5.86. The van der Waals surface area contributed by atoms with Gasteiger partial charge in [0.25, 0.3) is 0 Å². The van der Waals surface area contributed by atoms with Crippen molar-refractivity contribution in [1.29, 1.82) is 0 Å². The lowest BCUT2D eigenvalue weighted by Crippen LogP contribution is -1.97. The molecule has 0 amide bonds. The van der Waals surface area contributed by atoms with E-state index in [9.17, 15) is 9.59 Å². The van der Waals surface area contributed by atoms with Gasteiger partial charge in [-0.15, -0.1) is 22.7 Å². The summed E-state index contributed by atoms with van der Waals surface area (Å²) in [7, 11) is 0. The van der Waals surface area contributed by atoms with Crippen LogP contribution in [0.4, 0.5) is 11.4 Å². The molecule has 0 saturated heterocycles. The Bertz CT molecular complexity index is 1110. The summed E-state index contributed by atoms with van der Waals surface area (Å²) in [6.07, 6.45) is 0.318. The Morgan fingerprint density at radius 2 is 1.21 bits per heavy atom. The third-order valence-corrected chi connectivity index (χ3v) is 7.74. The molecule has 0 atom stereocenters. The fourth-order valence-corrected chi connectivity index (χ4v) is 6.43. The average Bonchev–Trinajstić information content (AvgIpc) is 3.21. The van der Waals surface area contributed by atoms with E-state index in [0.717, 1.165) is 44.0 Å². The van der Waals surface area contributed by atoms with Gasteiger partial charge in [0.15, 0.2) is 18.9 Å². The lowest BCUT2D eigenvalue weighted by atomic mass is 10.3. The highest BCUT2D eigenvalue weighted by molar-refractivity contribution is 8.15. The van der Waals surface area contributed by atoms with Crippen molar-refractivity contribution in [2.24, 2.45) is 0 Å². The molecule has 2 heterocycles. The van der Waals surface area contributed by atoms with Gasteiger partial charge in [0.05, 0.1) is 20.4 Å². The number of anilines is 2. The van der Waals surface area contributed by atoms with Crippen LogP contribution < -0.4 is 11.5 Å². The average molecular weight is 447 g/mol. The maximum absolute atomic E-state index is 12.2. The number of hydrogen-bond acceptors (Lipinski definition) is 10. The van der Waals surface area contributed by atoms with Gasteiger partial charge < -0.3 is 11.5 Å². The molecule has 0 spiro atoms. The monoisotopic (exact) mass is 446 g/mol. The predicted molar refractivity (Wildman–Crippen MR) is 119 cm³/mol. The van der Waals surface area contributed by atoms with Crippen molar-refractivity contribution in [3.63, 3.8) is 0 Å². The Kier molecular flexibility index (Phi) is 5.54. The van der Waals surface area contributed by atoms with Gasteiger partial charge in [-0.05, 0) is 59.9 Å². The number of nitrogens with two attached hydrogens (primary N) is 2. The van der Waals surface area contributed by atoms with Crippen molar-refractivity contribution in [3.05, 3.63) is 36.4 Å². The molecule has 0 radical (unpaired) electrons. The Labute approximate surface area is 176 Å². The number of nitrogen functional groups attached to an aromatic ring is 2. The number of benzene rings is 2. The second kappa shape index (κ2) is 8.08. The molecule has 10 heteroatoms. The van der Waals surface area contributed by atoms with Crippen LogP contribution in [0.3, 0.4) is 0 Å². The Morgan fingerprint density at radius 1 is 0.786 bits per heavy atom. The number of carbonyl (C=O) groups is 2. The van der Waals surface area contributed by atoms with Gasteiger partial charge in [0, 0.05) is 24.2 Å². The number of rotatable bonds is 5. The maximum Gasteiger partial charge on any atom is 0.196 e. The summed E-state index contributed by atoms with van der Waals surface area (Å²) in [6.45, 7) is 0. The Balaban J connectivity index is 1.32. The van der Waals surface area contributed by atoms with Crippen molar-refractivity contribution in [2.45, 2.75) is 21.5 Å². The zero-order valence-electron chi connectivity index (χ0n) is 14.4. The van der Waals surface area contributed by atoms with Gasteiger partial charge in [-0.25, -0.2) is 9.97 Å². The van der Waals surface area contributed by atoms with E-state index in [0.29, 0.717) is 20.1 Å². The minimum Gasteiger partial charge on any atom is -0.399 e. The summed E-state index contributed by atoms with van der Waals surface area (Å²) < 4.78 is 3.21. The number of nitrogens with zero attached hydrogens (tertiary/aromatic N) is 2. The first-order valence-electron chi connectivity index (χ1n) is 8.20. The molecule has 28 heavy (non-hydrogen) atoms. The van der Waals surface area contributed by atoms with Crippen molar-refractivity contribution >= 4 is 88.2 Å². The van der Waals surface area contributed by atoms with Crippen LogP contribution in [0, 0.1) is 0 Å². The molecular weight excluding hydrogens is 432 g/mol. The standard InChI is InChI=1S/C18H14N4O2S4/c19-9-1-3-11-13(7-9)25-17(21-11)27-15(23)5-6-16(24)28-18-22-12-4-2-10(20)8-14(12)26-18/h1-4,7-8H,5-6,19-20H2. The van der Waals surface area contributed by atoms with E-state index in [-0.39, 0.29) is 23.1 Å². The number of thioether (sulfide) groups is 2. The third kappa shape index (κ3) is 4.46. The lowest BCUT2D eigenvalue weighted by molar-refractivity contribution is -0.115. The molecule has 6 nitrogen and oxygen atoms in total. The fraction of sp³-hybridized carbons (Fsp3) is 0.111. The molecule has 0 aliphatic heterocycles. The summed E-state index contributed by atoms with van der Waals surface area (Å²) in [6, 6.07) is 10.9. The number of fused-ring (bicyclic) bond motifs is 2. The van der Waals surface area contributed by atoms with Crippen molar-refractivity contribution in [1.82, 2.24) is 9.97 Å². The van der Waals surface area contributed by atoms with Crippen LogP contribution in [0.2, 0.25) is 0 Å². The molecule has 4 aromatic rings. The highest BCUT2D eigenvalue weighted by Gasteiger charge is 2.15. The SMILES string of the molecule is Nc1ccc2nc(SC(=O)CCC(=O)Sc3nc4ccc(N)cc4s3)sc2c1. The number of carbonyl (C=O) groups excluding carboxylic acids is 2. The molecule has 4 rings (SSSR count). The summed E-state index contributed by atoms with van der Waals surface area (Å²) in [5, 5.41) is -0.170. The molecule has 2 aromatic carbocycles. The van der Waals surface area contributed by atoms with Crippen LogP contribution in [-0.2, 0) is 9.59 Å². The largest absolute Gasteiger partial charge is 0.399 e. The minimum atomic E-state index is -0.0851. The smallest absolute Gasteiger partial charge is 0.196 e. The van der Waals surface area contributed by atoms with E-state index in [1.165, 1.54) is 22.7 Å². The van der Waals surface area contributed by atoms with E-state index in [2.05, 4.69) is 9.97 Å². The van der Waals surface area contributed by atoms with Gasteiger partial charge in [-0.1, -0.05) is 0 Å². The summed E-state index contributed by atoms with van der Waals surface area (Å²) >= 11 is 4.98. The van der Waals surface area contributed by atoms with E-state index in [4.69, 9.17) is 11.5 Å². The lowest BCUT2D eigenvalue weighted by Gasteiger charge is -1.97. The van der Waals surface area contributed by atoms with E-state index in [1.54, 1.807) is 12.1 Å². The number of hydrogen-bond donors (Lipinski definition) is 2. The molecule has 0 unspecified atom stereocenters. The van der Waals surface area contributed by atoms with Crippen LogP contribution in [-0.4, -0.2) is 20.2 Å². The molecule has 142 valence electrons. The predicted octanol–water partition coefficient (Wildman–Crippen LogP) is 4.79. The highest BCUT2D eigenvalue weighted by atomic mass is 32.2. The first kappa shape index (κ1) is 19.2. The molecule has 0 aliphatic rings. The van der Waals surface area contributed by atoms with Crippen LogP contribution in [0.5, 0.6) is 0 Å². The molecule has 4 N–H and O–H groups in total. The Morgan fingerprint density at radius 3 is 1.64 bits per heavy atom. The van der Waals surface area contributed by atoms with E-state index >= 15 is 0 Å². The quantitative estimate of drug-likeness (QED) is 0.332. The van der Waals surface area contributed by atoms with Gasteiger partial charge >= 0.3 is 0 Å². The second-order valence-corrected chi connectivity index (χ2v) is 10.5. The van der Waals surface area contributed by atoms with Crippen LogP contribution in [0.25, 0.3) is 20.4 Å². The van der Waals surface area contributed by atoms with Crippen molar-refractivity contribution in [2.75, 3.05) is 11.5 Å². The van der Waals surface area contributed by atoms with Crippen molar-refractivity contribution in [3.8, 4) is 0 Å². The van der Waals surface area contributed by atoms with Crippen LogP contribution in [0.15, 0.2) is 45.1 Å². The van der Waals surface area contributed by atoms with Crippen LogP contribution >= 0.6 is 46.2 Å². The fourth-order valence-electron chi connectivity index (χ4n) is 2.43. The minimum absolute atomic E-state index is 0.0851. The summed E-state index contributed by atoms with van der Waals surface area (Å²) in [4.78, 5) is 33.2. The number of aromatic nitrogens is 2. The van der Waals surface area contributed by atoms with Crippen molar-refractivity contribution < 1.29 is 9.59 Å². The zero-order chi connectivity index (χ0) is 19.7. The van der Waals surface area contributed by atoms with Crippen LogP contribution in [0.1, 0.15) is 12.8 Å². The van der Waals surface area contributed by atoms with Gasteiger partial charge in [-0.2, -0.15) is 0 Å². The van der Waals surface area contributed by atoms with E-state index < -0.39 is 0 Å². The first-order valence-corrected chi connectivity index (χ1v) is 11.5. The number of thiazole rings is 2. The van der Waals surface area contributed by atoms with E-state index in [1.807, 2.05) is 24.3 Å².